The Labute approximate surface area is 155 Å². The number of non-ortho nitro benzene ring substituents is 1. The lowest BCUT2D eigenvalue weighted by Crippen LogP contribution is -2.19. The molecule has 0 radical (unpaired) electrons. The lowest BCUT2D eigenvalue weighted by molar-refractivity contribution is -0.383. The standard InChI is InChI=1S/C17H10F3N5O3/c18-17(19,20)11-4-10(7-21)5-12(6-11)23-15(26)8-24-9-22-13-2-1-3-14(16(13)24)25(27)28/h1-6,9H,8H2,(H,23,26). The summed E-state index contributed by atoms with van der Waals surface area (Å²) in [5, 5.41) is 22.3. The number of imidazole rings is 1. The topological polar surface area (TPSA) is 114 Å². The number of rotatable bonds is 4. The second-order valence-corrected chi connectivity index (χ2v) is 5.73. The van der Waals surface area contributed by atoms with E-state index in [1.165, 1.54) is 29.1 Å². The van der Waals surface area contributed by atoms with Crippen LogP contribution in [0, 0.1) is 21.4 Å². The third kappa shape index (κ3) is 3.75. The van der Waals surface area contributed by atoms with Crippen molar-refractivity contribution >= 4 is 28.3 Å². The van der Waals surface area contributed by atoms with Crippen LogP contribution >= 0.6 is 0 Å². The minimum atomic E-state index is -4.69. The molecular weight excluding hydrogens is 379 g/mol. The Balaban J connectivity index is 1.89. The van der Waals surface area contributed by atoms with Crippen molar-refractivity contribution in [1.29, 1.82) is 5.26 Å². The first-order valence-electron chi connectivity index (χ1n) is 7.69. The first-order chi connectivity index (χ1) is 13.2. The lowest BCUT2D eigenvalue weighted by atomic mass is 10.1. The molecule has 1 N–H and O–H groups in total. The van der Waals surface area contributed by atoms with Crippen molar-refractivity contribution in [2.24, 2.45) is 0 Å². The van der Waals surface area contributed by atoms with Gasteiger partial charge in [-0.25, -0.2) is 4.98 Å². The average molecular weight is 389 g/mol. The van der Waals surface area contributed by atoms with E-state index in [9.17, 15) is 28.1 Å². The van der Waals surface area contributed by atoms with E-state index in [0.717, 1.165) is 6.07 Å². The summed E-state index contributed by atoms with van der Waals surface area (Å²) in [7, 11) is 0. The quantitative estimate of drug-likeness (QED) is 0.542. The van der Waals surface area contributed by atoms with E-state index >= 15 is 0 Å². The summed E-state index contributed by atoms with van der Waals surface area (Å²) in [5.41, 5.74) is -1.40. The number of nitro groups is 1. The van der Waals surface area contributed by atoms with Crippen molar-refractivity contribution < 1.29 is 22.9 Å². The molecule has 2 aromatic carbocycles. The van der Waals surface area contributed by atoms with Crippen molar-refractivity contribution in [2.75, 3.05) is 5.32 Å². The Morgan fingerprint density at radius 3 is 2.71 bits per heavy atom. The molecule has 0 unspecified atom stereocenters. The van der Waals surface area contributed by atoms with Crippen LogP contribution in [0.2, 0.25) is 0 Å². The van der Waals surface area contributed by atoms with Gasteiger partial charge in [0.2, 0.25) is 5.91 Å². The number of nitrogens with zero attached hydrogens (tertiary/aromatic N) is 4. The van der Waals surface area contributed by atoms with E-state index in [-0.39, 0.29) is 22.5 Å². The van der Waals surface area contributed by atoms with E-state index in [1.807, 2.05) is 0 Å². The zero-order chi connectivity index (χ0) is 20.5. The number of anilines is 1. The molecule has 0 spiro atoms. The number of carbonyl (C=O) groups excluding carboxylic acids is 1. The van der Waals surface area contributed by atoms with Crippen LogP contribution in [0.5, 0.6) is 0 Å². The molecule has 1 heterocycles. The lowest BCUT2D eigenvalue weighted by Gasteiger charge is -2.11. The maximum absolute atomic E-state index is 12.9. The van der Waals surface area contributed by atoms with Crippen molar-refractivity contribution in [3.8, 4) is 6.07 Å². The van der Waals surface area contributed by atoms with Gasteiger partial charge in [-0.05, 0) is 24.3 Å². The molecule has 3 aromatic rings. The molecule has 0 saturated heterocycles. The summed E-state index contributed by atoms with van der Waals surface area (Å²) in [6.07, 6.45) is -3.46. The molecule has 1 aromatic heterocycles. The SMILES string of the molecule is N#Cc1cc(NC(=O)Cn2cnc3cccc([N+](=O)[O-])c32)cc(C(F)(F)F)c1. The number of halogens is 3. The number of alkyl halides is 3. The van der Waals surface area contributed by atoms with Crippen LogP contribution in [0.1, 0.15) is 11.1 Å². The molecule has 0 aliphatic rings. The maximum Gasteiger partial charge on any atom is 0.416 e. The molecule has 0 fully saturated rings. The van der Waals surface area contributed by atoms with Gasteiger partial charge in [-0.3, -0.25) is 14.9 Å². The fourth-order valence-electron chi connectivity index (χ4n) is 2.66. The van der Waals surface area contributed by atoms with Gasteiger partial charge in [0.1, 0.15) is 12.1 Å². The summed E-state index contributed by atoms with van der Waals surface area (Å²) in [6, 6.07) is 8.30. The van der Waals surface area contributed by atoms with Gasteiger partial charge in [-0.2, -0.15) is 18.4 Å². The third-order valence-electron chi connectivity index (χ3n) is 3.80. The van der Waals surface area contributed by atoms with E-state index < -0.39 is 29.1 Å². The molecule has 1 amide bonds. The van der Waals surface area contributed by atoms with Crippen LogP contribution in [-0.4, -0.2) is 20.4 Å². The second-order valence-electron chi connectivity index (χ2n) is 5.73. The Bertz CT molecular complexity index is 1130. The Morgan fingerprint density at radius 1 is 1.32 bits per heavy atom. The van der Waals surface area contributed by atoms with Gasteiger partial charge in [0.15, 0.2) is 0 Å². The number of nitrogens with one attached hydrogen (secondary N) is 1. The van der Waals surface area contributed by atoms with E-state index in [1.54, 1.807) is 6.07 Å². The number of nitriles is 1. The van der Waals surface area contributed by atoms with E-state index in [0.29, 0.717) is 17.6 Å². The molecule has 142 valence electrons. The molecular formula is C17H10F3N5O3. The molecule has 8 nitrogen and oxygen atoms in total. The molecule has 11 heteroatoms. The highest BCUT2D eigenvalue weighted by Crippen LogP contribution is 2.32. The fourth-order valence-corrected chi connectivity index (χ4v) is 2.66. The number of benzene rings is 2. The third-order valence-corrected chi connectivity index (χ3v) is 3.80. The van der Waals surface area contributed by atoms with Crippen LogP contribution in [0.25, 0.3) is 11.0 Å². The first kappa shape index (κ1) is 18.8. The number of nitro benzene ring substituents is 1. The molecule has 0 saturated carbocycles. The fraction of sp³-hybridized carbons (Fsp3) is 0.118. The van der Waals surface area contributed by atoms with Gasteiger partial charge in [-0.1, -0.05) is 6.07 Å². The van der Waals surface area contributed by atoms with Gasteiger partial charge in [0.05, 0.1) is 34.0 Å². The van der Waals surface area contributed by atoms with Crippen molar-refractivity contribution in [2.45, 2.75) is 12.7 Å². The van der Waals surface area contributed by atoms with Crippen LogP contribution < -0.4 is 5.32 Å². The van der Waals surface area contributed by atoms with Crippen LogP contribution in [0.15, 0.2) is 42.7 Å². The van der Waals surface area contributed by atoms with Gasteiger partial charge in [0.25, 0.3) is 5.69 Å². The Hall–Kier alpha value is -3.94. The minimum absolute atomic E-state index is 0.115. The maximum atomic E-state index is 12.9. The van der Waals surface area contributed by atoms with E-state index in [4.69, 9.17) is 5.26 Å². The van der Waals surface area contributed by atoms with Gasteiger partial charge < -0.3 is 9.88 Å². The monoisotopic (exact) mass is 389 g/mol. The smallest absolute Gasteiger partial charge is 0.324 e. The summed E-state index contributed by atoms with van der Waals surface area (Å²) in [6.45, 7) is -0.417. The summed E-state index contributed by atoms with van der Waals surface area (Å²) in [5.74, 6) is -0.735. The predicted molar refractivity (Wildman–Crippen MR) is 91.2 cm³/mol. The molecule has 0 atom stereocenters. The summed E-state index contributed by atoms with van der Waals surface area (Å²) < 4.78 is 40.0. The zero-order valence-corrected chi connectivity index (χ0v) is 13.9. The van der Waals surface area contributed by atoms with Gasteiger partial charge >= 0.3 is 6.18 Å². The van der Waals surface area contributed by atoms with Gasteiger partial charge in [0, 0.05) is 11.8 Å². The highest BCUT2D eigenvalue weighted by atomic mass is 19.4. The number of hydrogen-bond acceptors (Lipinski definition) is 5. The number of amides is 1. The highest BCUT2D eigenvalue weighted by Gasteiger charge is 2.31. The molecule has 3 rings (SSSR count). The Kier molecular flexibility index (Phi) is 4.70. The first-order valence-corrected chi connectivity index (χ1v) is 7.69. The minimum Gasteiger partial charge on any atom is -0.324 e. The molecule has 0 aliphatic carbocycles. The summed E-state index contributed by atoms with van der Waals surface area (Å²) in [4.78, 5) is 26.8. The molecule has 0 aliphatic heterocycles. The number of fused-ring (bicyclic) bond motifs is 1. The normalized spacial score (nSPS) is 11.2. The molecule has 28 heavy (non-hydrogen) atoms. The van der Waals surface area contributed by atoms with Crippen LogP contribution in [0.3, 0.4) is 0 Å². The Morgan fingerprint density at radius 2 is 2.07 bits per heavy atom. The second kappa shape index (κ2) is 6.99. The zero-order valence-electron chi connectivity index (χ0n) is 13.9. The van der Waals surface area contributed by atoms with Crippen molar-refractivity contribution in [1.82, 2.24) is 9.55 Å². The number of aromatic nitrogens is 2. The van der Waals surface area contributed by atoms with Crippen molar-refractivity contribution in [3.63, 3.8) is 0 Å². The summed E-state index contributed by atoms with van der Waals surface area (Å²) >= 11 is 0. The largest absolute Gasteiger partial charge is 0.416 e. The van der Waals surface area contributed by atoms with Crippen molar-refractivity contribution in [3.05, 3.63) is 64.0 Å². The molecule has 0 bridgehead atoms. The number of hydrogen-bond donors (Lipinski definition) is 1. The van der Waals surface area contributed by atoms with Crippen LogP contribution in [0.4, 0.5) is 24.5 Å². The number of carbonyl (C=O) groups is 1. The predicted octanol–water partition coefficient (Wildman–Crippen LogP) is 3.47. The number of para-hydroxylation sites is 1. The van der Waals surface area contributed by atoms with Crippen LogP contribution in [-0.2, 0) is 17.5 Å². The van der Waals surface area contributed by atoms with E-state index in [2.05, 4.69) is 10.3 Å². The highest BCUT2D eigenvalue weighted by molar-refractivity contribution is 5.93. The average Bonchev–Trinajstić information content (AvgIpc) is 3.03. The van der Waals surface area contributed by atoms with Gasteiger partial charge in [-0.15, -0.1) is 0 Å².